The number of methoxy groups -OCH3 is 1. The molecule has 5 heteroatoms. The summed E-state index contributed by atoms with van der Waals surface area (Å²) in [5.74, 6) is 0. The Morgan fingerprint density at radius 2 is 2.42 bits per heavy atom. The van der Waals surface area contributed by atoms with Crippen LogP contribution in [0, 0.1) is 0 Å². The van der Waals surface area contributed by atoms with E-state index in [0.29, 0.717) is 12.7 Å². The van der Waals surface area contributed by atoms with Crippen molar-refractivity contribution in [3.8, 4) is 0 Å². The van der Waals surface area contributed by atoms with E-state index in [4.69, 9.17) is 9.84 Å². The minimum Gasteiger partial charge on any atom is -0.465 e. The van der Waals surface area contributed by atoms with Crippen molar-refractivity contribution in [2.75, 3.05) is 13.7 Å². The van der Waals surface area contributed by atoms with Gasteiger partial charge in [0.25, 0.3) is 0 Å². The van der Waals surface area contributed by atoms with Crippen LogP contribution in [0.4, 0.5) is 4.79 Å². The van der Waals surface area contributed by atoms with Gasteiger partial charge in [0.1, 0.15) is 6.29 Å². The zero-order valence-electron chi connectivity index (χ0n) is 6.77. The molecule has 1 saturated heterocycles. The Morgan fingerprint density at radius 1 is 1.75 bits per heavy atom. The summed E-state index contributed by atoms with van der Waals surface area (Å²) < 4.78 is 4.96. The zero-order chi connectivity index (χ0) is 9.14. The van der Waals surface area contributed by atoms with Crippen LogP contribution in [0.25, 0.3) is 0 Å². The predicted octanol–water partition coefficient (Wildman–Crippen LogP) is -0.0474. The molecule has 1 amide bonds. The lowest BCUT2D eigenvalue weighted by Gasteiger charge is -2.14. The molecular weight excluding hydrogens is 162 g/mol. The summed E-state index contributed by atoms with van der Waals surface area (Å²) in [6, 6.07) is -0.535. The molecule has 2 atom stereocenters. The molecule has 0 aromatic rings. The first-order valence-electron chi connectivity index (χ1n) is 3.66. The Bertz CT molecular complexity index is 194. The fraction of sp³-hybridized carbons (Fsp3) is 0.714. The Kier molecular flexibility index (Phi) is 2.65. The number of nitrogens with zero attached hydrogens (tertiary/aromatic N) is 1. The van der Waals surface area contributed by atoms with Crippen molar-refractivity contribution < 1.29 is 19.4 Å². The van der Waals surface area contributed by atoms with Gasteiger partial charge in [-0.15, -0.1) is 0 Å². The number of likely N-dealkylation sites (tertiary alicyclic amines) is 1. The van der Waals surface area contributed by atoms with Gasteiger partial charge < -0.3 is 14.6 Å². The van der Waals surface area contributed by atoms with Gasteiger partial charge in [-0.3, -0.25) is 4.90 Å². The van der Waals surface area contributed by atoms with E-state index in [1.807, 2.05) is 0 Å². The Labute approximate surface area is 69.9 Å². The van der Waals surface area contributed by atoms with E-state index in [1.54, 1.807) is 0 Å². The normalized spacial score (nSPS) is 28.9. The van der Waals surface area contributed by atoms with Gasteiger partial charge in [-0.05, 0) is 0 Å². The summed E-state index contributed by atoms with van der Waals surface area (Å²) in [5, 5.41) is 8.64. The lowest BCUT2D eigenvalue weighted by Crippen LogP contribution is -2.35. The smallest absolute Gasteiger partial charge is 0.407 e. The van der Waals surface area contributed by atoms with Crippen LogP contribution < -0.4 is 0 Å². The minimum atomic E-state index is -1.06. The molecule has 1 fully saturated rings. The lowest BCUT2D eigenvalue weighted by molar-refractivity contribution is -0.111. The molecule has 0 bridgehead atoms. The summed E-state index contributed by atoms with van der Waals surface area (Å²) in [7, 11) is 1.51. The molecule has 1 aliphatic rings. The van der Waals surface area contributed by atoms with Crippen LogP contribution in [0.3, 0.4) is 0 Å². The fourth-order valence-electron chi connectivity index (χ4n) is 1.35. The van der Waals surface area contributed by atoms with Gasteiger partial charge in [-0.2, -0.15) is 0 Å². The van der Waals surface area contributed by atoms with Crippen LogP contribution in [-0.4, -0.2) is 48.2 Å². The first-order chi connectivity index (χ1) is 5.69. The van der Waals surface area contributed by atoms with Crippen LogP contribution >= 0.6 is 0 Å². The average molecular weight is 173 g/mol. The molecule has 5 nitrogen and oxygen atoms in total. The number of rotatable bonds is 2. The number of aldehydes is 1. The number of ether oxygens (including phenoxy) is 1. The van der Waals surface area contributed by atoms with Crippen molar-refractivity contribution in [2.24, 2.45) is 0 Å². The number of amides is 1. The predicted molar refractivity (Wildman–Crippen MR) is 40.0 cm³/mol. The van der Waals surface area contributed by atoms with Crippen LogP contribution in [0.2, 0.25) is 0 Å². The second-order valence-electron chi connectivity index (χ2n) is 2.73. The number of carbonyl (C=O) groups is 2. The topological polar surface area (TPSA) is 66.8 Å². The Morgan fingerprint density at radius 3 is 2.75 bits per heavy atom. The molecule has 68 valence electrons. The molecule has 0 spiro atoms. The van der Waals surface area contributed by atoms with Crippen molar-refractivity contribution in [2.45, 2.75) is 18.6 Å². The van der Waals surface area contributed by atoms with Crippen LogP contribution in [0.15, 0.2) is 0 Å². The highest BCUT2D eigenvalue weighted by atomic mass is 16.5. The standard InChI is InChI=1S/C7H11NO4/c1-12-6-2-5(4-9)8(3-6)7(10)11/h4-6H,2-3H2,1H3,(H,10,11)/t5-,6-/m1/s1. The van der Waals surface area contributed by atoms with Gasteiger partial charge in [0.15, 0.2) is 0 Å². The molecule has 0 radical (unpaired) electrons. The van der Waals surface area contributed by atoms with Gasteiger partial charge >= 0.3 is 6.09 Å². The highest BCUT2D eigenvalue weighted by Crippen LogP contribution is 2.18. The first kappa shape index (κ1) is 8.99. The van der Waals surface area contributed by atoms with E-state index in [9.17, 15) is 9.59 Å². The van der Waals surface area contributed by atoms with Gasteiger partial charge in [0, 0.05) is 13.5 Å². The van der Waals surface area contributed by atoms with Crippen molar-refractivity contribution >= 4 is 12.4 Å². The molecule has 0 unspecified atom stereocenters. The van der Waals surface area contributed by atoms with Gasteiger partial charge in [-0.1, -0.05) is 0 Å². The number of hydrogen-bond acceptors (Lipinski definition) is 3. The van der Waals surface area contributed by atoms with Crippen LogP contribution in [-0.2, 0) is 9.53 Å². The third kappa shape index (κ3) is 1.55. The third-order valence-electron chi connectivity index (χ3n) is 2.04. The fourth-order valence-corrected chi connectivity index (χ4v) is 1.35. The molecule has 0 saturated carbocycles. The minimum absolute atomic E-state index is 0.142. The highest BCUT2D eigenvalue weighted by Gasteiger charge is 2.34. The second kappa shape index (κ2) is 3.53. The molecule has 0 aromatic carbocycles. The number of carbonyl (C=O) groups excluding carboxylic acids is 1. The number of carboxylic acid groups (broad SMARTS) is 1. The first-order valence-corrected chi connectivity index (χ1v) is 3.66. The van der Waals surface area contributed by atoms with E-state index in [-0.39, 0.29) is 12.6 Å². The summed E-state index contributed by atoms with van der Waals surface area (Å²) in [4.78, 5) is 22.1. The third-order valence-corrected chi connectivity index (χ3v) is 2.04. The van der Waals surface area contributed by atoms with Crippen molar-refractivity contribution in [1.82, 2.24) is 4.90 Å². The molecule has 0 aromatic heterocycles. The van der Waals surface area contributed by atoms with Gasteiger partial charge in [0.2, 0.25) is 0 Å². The average Bonchev–Trinajstić information content (AvgIpc) is 2.47. The monoisotopic (exact) mass is 173 g/mol. The molecule has 0 aliphatic carbocycles. The largest absolute Gasteiger partial charge is 0.465 e. The van der Waals surface area contributed by atoms with E-state index in [1.165, 1.54) is 7.11 Å². The van der Waals surface area contributed by atoms with Crippen LogP contribution in [0.5, 0.6) is 0 Å². The SMILES string of the molecule is CO[C@@H]1C[C@H](C=O)N(C(=O)O)C1. The van der Waals surface area contributed by atoms with Crippen molar-refractivity contribution in [1.29, 1.82) is 0 Å². The molecule has 1 heterocycles. The van der Waals surface area contributed by atoms with E-state index in [2.05, 4.69) is 0 Å². The molecule has 12 heavy (non-hydrogen) atoms. The van der Waals surface area contributed by atoms with Crippen molar-refractivity contribution in [3.05, 3.63) is 0 Å². The quantitative estimate of drug-likeness (QED) is 0.594. The van der Waals surface area contributed by atoms with E-state index in [0.717, 1.165) is 4.90 Å². The maximum atomic E-state index is 10.5. The summed E-state index contributed by atoms with van der Waals surface area (Å²) >= 11 is 0. The summed E-state index contributed by atoms with van der Waals surface area (Å²) in [6.07, 6.45) is -0.0950. The summed E-state index contributed by atoms with van der Waals surface area (Å²) in [5.41, 5.74) is 0. The molecule has 1 aliphatic heterocycles. The Hall–Kier alpha value is -1.10. The van der Waals surface area contributed by atoms with Gasteiger partial charge in [-0.25, -0.2) is 4.79 Å². The highest BCUT2D eigenvalue weighted by molar-refractivity contribution is 5.72. The number of hydrogen-bond donors (Lipinski definition) is 1. The molecular formula is C7H11NO4. The summed E-state index contributed by atoms with van der Waals surface area (Å²) in [6.45, 7) is 0.287. The molecule has 1 rings (SSSR count). The zero-order valence-corrected chi connectivity index (χ0v) is 6.77. The second-order valence-corrected chi connectivity index (χ2v) is 2.73. The van der Waals surface area contributed by atoms with Crippen LogP contribution in [0.1, 0.15) is 6.42 Å². The lowest BCUT2D eigenvalue weighted by atomic mass is 10.2. The maximum Gasteiger partial charge on any atom is 0.407 e. The van der Waals surface area contributed by atoms with Gasteiger partial charge in [0.05, 0.1) is 18.7 Å². The van der Waals surface area contributed by atoms with E-state index < -0.39 is 12.1 Å². The maximum absolute atomic E-state index is 10.5. The molecule has 1 N–H and O–H groups in total. The van der Waals surface area contributed by atoms with Crippen molar-refractivity contribution in [3.63, 3.8) is 0 Å². The Balaban J connectivity index is 2.62. The van der Waals surface area contributed by atoms with E-state index >= 15 is 0 Å².